The zero-order valence-electron chi connectivity index (χ0n) is 5.96. The first-order valence-electron chi connectivity index (χ1n) is 3.59. The van der Waals surface area contributed by atoms with Gasteiger partial charge in [0.1, 0.15) is 0 Å². The summed E-state index contributed by atoms with van der Waals surface area (Å²) in [6, 6.07) is 3.21. The van der Waals surface area contributed by atoms with Gasteiger partial charge >= 0.3 is 0 Å². The van der Waals surface area contributed by atoms with Crippen LogP contribution in [0.4, 0.5) is 4.39 Å². The van der Waals surface area contributed by atoms with E-state index in [0.29, 0.717) is 0 Å². The lowest BCUT2D eigenvalue weighted by Gasteiger charge is -2.26. The molecular weight excluding hydrogens is 145 g/mol. The Bertz CT molecular complexity index is 260. The van der Waals surface area contributed by atoms with Gasteiger partial charge in [-0.1, -0.05) is 0 Å². The highest BCUT2D eigenvalue weighted by molar-refractivity contribution is 5.15. The molecule has 0 amide bonds. The molecule has 58 valence electrons. The fourth-order valence-corrected chi connectivity index (χ4v) is 1.12. The summed E-state index contributed by atoms with van der Waals surface area (Å²) >= 11 is 0. The van der Waals surface area contributed by atoms with Crippen molar-refractivity contribution in [1.29, 1.82) is 0 Å². The first kappa shape index (κ1) is 6.73. The lowest BCUT2D eigenvalue weighted by atomic mass is 10.1. The number of hydrogen-bond donors (Lipinski definition) is 0. The molecule has 0 saturated carbocycles. The molecule has 0 radical (unpaired) electrons. The van der Waals surface area contributed by atoms with Gasteiger partial charge in [-0.05, 0) is 17.7 Å². The van der Waals surface area contributed by atoms with E-state index in [-0.39, 0.29) is 6.10 Å². The van der Waals surface area contributed by atoms with E-state index in [0.717, 1.165) is 18.6 Å². The molecular formula is C8H8FNO. The molecule has 0 aliphatic carbocycles. The van der Waals surface area contributed by atoms with Crippen LogP contribution in [0.15, 0.2) is 18.3 Å². The van der Waals surface area contributed by atoms with Crippen LogP contribution in [0.3, 0.4) is 0 Å². The highest BCUT2D eigenvalue weighted by Crippen LogP contribution is 2.28. The van der Waals surface area contributed by atoms with Gasteiger partial charge in [-0.25, -0.2) is 4.98 Å². The Kier molecular flexibility index (Phi) is 1.58. The molecule has 2 nitrogen and oxygen atoms in total. The summed E-state index contributed by atoms with van der Waals surface area (Å²) in [6.07, 6.45) is 2.56. The third-order valence-corrected chi connectivity index (χ3v) is 1.82. The Morgan fingerprint density at radius 3 is 3.00 bits per heavy atom. The highest BCUT2D eigenvalue weighted by atomic mass is 19.1. The van der Waals surface area contributed by atoms with Crippen LogP contribution in [0, 0.1) is 5.95 Å². The monoisotopic (exact) mass is 153 g/mol. The van der Waals surface area contributed by atoms with Crippen molar-refractivity contribution in [2.75, 3.05) is 6.61 Å². The van der Waals surface area contributed by atoms with Crippen LogP contribution in [0.25, 0.3) is 0 Å². The van der Waals surface area contributed by atoms with E-state index in [1.54, 1.807) is 6.07 Å². The Morgan fingerprint density at radius 2 is 2.45 bits per heavy atom. The molecule has 0 N–H and O–H groups in total. The second-order valence-electron chi connectivity index (χ2n) is 2.56. The van der Waals surface area contributed by atoms with Crippen molar-refractivity contribution in [2.24, 2.45) is 0 Å². The van der Waals surface area contributed by atoms with Gasteiger partial charge in [0.05, 0.1) is 12.7 Å². The van der Waals surface area contributed by atoms with Crippen molar-refractivity contribution in [3.05, 3.63) is 29.8 Å². The summed E-state index contributed by atoms with van der Waals surface area (Å²) in [5.41, 5.74) is 0.892. The minimum absolute atomic E-state index is 0.104. The molecule has 1 atom stereocenters. The van der Waals surface area contributed by atoms with Crippen LogP contribution in [0.5, 0.6) is 0 Å². The van der Waals surface area contributed by atoms with E-state index in [9.17, 15) is 4.39 Å². The van der Waals surface area contributed by atoms with Crippen molar-refractivity contribution in [3.63, 3.8) is 0 Å². The fourth-order valence-electron chi connectivity index (χ4n) is 1.12. The molecule has 1 aromatic heterocycles. The molecule has 1 unspecified atom stereocenters. The van der Waals surface area contributed by atoms with E-state index >= 15 is 0 Å². The smallest absolute Gasteiger partial charge is 0.213 e. The first-order valence-corrected chi connectivity index (χ1v) is 3.59. The van der Waals surface area contributed by atoms with E-state index in [1.165, 1.54) is 12.3 Å². The van der Waals surface area contributed by atoms with Crippen molar-refractivity contribution in [1.82, 2.24) is 4.98 Å². The molecule has 11 heavy (non-hydrogen) atoms. The molecule has 1 aromatic rings. The summed E-state index contributed by atoms with van der Waals surface area (Å²) in [5, 5.41) is 0. The number of halogens is 1. The molecule has 1 saturated heterocycles. The maximum absolute atomic E-state index is 12.5. The summed E-state index contributed by atoms with van der Waals surface area (Å²) in [4.78, 5) is 3.46. The standard InChI is InChI=1S/C8H8FNO/c9-8-5-6(1-3-10-8)7-2-4-11-7/h1,3,5,7H,2,4H2. The topological polar surface area (TPSA) is 22.1 Å². The number of nitrogens with zero attached hydrogens (tertiary/aromatic N) is 1. The average molecular weight is 153 g/mol. The van der Waals surface area contributed by atoms with Gasteiger partial charge in [0.2, 0.25) is 5.95 Å². The van der Waals surface area contributed by atoms with Crippen LogP contribution in [0.1, 0.15) is 18.1 Å². The van der Waals surface area contributed by atoms with E-state index in [4.69, 9.17) is 4.74 Å². The normalized spacial score (nSPS) is 22.8. The predicted octanol–water partition coefficient (Wildman–Crippen LogP) is 1.68. The van der Waals surface area contributed by atoms with Crippen molar-refractivity contribution in [2.45, 2.75) is 12.5 Å². The zero-order chi connectivity index (χ0) is 7.68. The SMILES string of the molecule is Fc1cc(C2CCO2)ccn1. The molecule has 2 rings (SSSR count). The fraction of sp³-hybridized carbons (Fsp3) is 0.375. The predicted molar refractivity (Wildman–Crippen MR) is 37.5 cm³/mol. The zero-order valence-corrected chi connectivity index (χ0v) is 5.96. The van der Waals surface area contributed by atoms with Crippen LogP contribution < -0.4 is 0 Å². The molecule has 0 bridgehead atoms. The molecule has 0 spiro atoms. The highest BCUT2D eigenvalue weighted by Gasteiger charge is 2.20. The maximum atomic E-state index is 12.5. The third-order valence-electron chi connectivity index (χ3n) is 1.82. The Balaban J connectivity index is 2.23. The molecule has 1 aliphatic rings. The number of hydrogen-bond acceptors (Lipinski definition) is 2. The van der Waals surface area contributed by atoms with Gasteiger partial charge in [-0.15, -0.1) is 0 Å². The van der Waals surface area contributed by atoms with Gasteiger partial charge in [0.25, 0.3) is 0 Å². The summed E-state index contributed by atoms with van der Waals surface area (Å²) < 4.78 is 17.7. The van der Waals surface area contributed by atoms with Gasteiger partial charge < -0.3 is 4.74 Å². The first-order chi connectivity index (χ1) is 5.36. The van der Waals surface area contributed by atoms with Crippen molar-refractivity contribution >= 4 is 0 Å². The van der Waals surface area contributed by atoms with Gasteiger partial charge in [-0.2, -0.15) is 4.39 Å². The number of aromatic nitrogens is 1. The second-order valence-corrected chi connectivity index (χ2v) is 2.56. The Morgan fingerprint density at radius 1 is 1.64 bits per heavy atom. The number of rotatable bonds is 1. The summed E-state index contributed by atoms with van der Waals surface area (Å²) in [5.74, 6) is -0.432. The number of ether oxygens (including phenoxy) is 1. The molecule has 2 heterocycles. The van der Waals surface area contributed by atoms with Gasteiger partial charge in [0.15, 0.2) is 0 Å². The Hall–Kier alpha value is -0.960. The molecule has 1 aliphatic heterocycles. The summed E-state index contributed by atoms with van der Waals surface area (Å²) in [7, 11) is 0. The van der Waals surface area contributed by atoms with Crippen molar-refractivity contribution < 1.29 is 9.13 Å². The quantitative estimate of drug-likeness (QED) is 0.572. The largest absolute Gasteiger partial charge is 0.373 e. The Labute approximate surface area is 64.0 Å². The van der Waals surface area contributed by atoms with Crippen LogP contribution in [-0.4, -0.2) is 11.6 Å². The van der Waals surface area contributed by atoms with Crippen LogP contribution >= 0.6 is 0 Å². The molecule has 1 fully saturated rings. The maximum Gasteiger partial charge on any atom is 0.213 e. The third kappa shape index (κ3) is 1.24. The lowest BCUT2D eigenvalue weighted by Crippen LogP contribution is -2.18. The molecule has 3 heteroatoms. The van der Waals surface area contributed by atoms with E-state index < -0.39 is 5.95 Å². The van der Waals surface area contributed by atoms with Crippen LogP contribution in [0.2, 0.25) is 0 Å². The second kappa shape index (κ2) is 2.58. The van der Waals surface area contributed by atoms with Crippen molar-refractivity contribution in [3.8, 4) is 0 Å². The summed E-state index contributed by atoms with van der Waals surface area (Å²) in [6.45, 7) is 0.786. The van der Waals surface area contributed by atoms with E-state index in [1.807, 2.05) is 0 Å². The minimum Gasteiger partial charge on any atom is -0.373 e. The van der Waals surface area contributed by atoms with E-state index in [2.05, 4.69) is 4.98 Å². The van der Waals surface area contributed by atoms with Crippen LogP contribution in [-0.2, 0) is 4.74 Å². The molecule has 0 aromatic carbocycles. The average Bonchev–Trinajstić information content (AvgIpc) is 1.83. The van der Waals surface area contributed by atoms with Gasteiger partial charge in [0, 0.05) is 12.6 Å². The lowest BCUT2D eigenvalue weighted by molar-refractivity contribution is -0.0529. The van der Waals surface area contributed by atoms with Gasteiger partial charge in [-0.3, -0.25) is 0 Å². The number of pyridine rings is 1. The minimum atomic E-state index is -0.432.